The monoisotopic (exact) mass is 568 g/mol. The molecule has 41 heavy (non-hydrogen) atoms. The van der Waals surface area contributed by atoms with E-state index in [4.69, 9.17) is 23.7 Å². The number of hydrogen-bond acceptors (Lipinski definition) is 9. The number of epoxide rings is 1. The first kappa shape index (κ1) is 29.5. The molecule has 222 valence electrons. The Kier molecular flexibility index (Phi) is 7.22. The summed E-state index contributed by atoms with van der Waals surface area (Å²) in [5, 5.41) is 0. The van der Waals surface area contributed by atoms with Gasteiger partial charge >= 0.3 is 17.9 Å². The first-order valence-corrected chi connectivity index (χ1v) is 14.3. The fraction of sp³-hybridized carbons (Fsp3) is 0.625. The molecule has 9 heteroatoms. The molecule has 9 nitrogen and oxygen atoms in total. The molecule has 0 N–H and O–H groups in total. The minimum absolute atomic E-state index is 0.184. The molecule has 0 amide bonds. The van der Waals surface area contributed by atoms with Crippen LogP contribution < -0.4 is 0 Å². The van der Waals surface area contributed by atoms with E-state index in [9.17, 15) is 19.2 Å². The standard InChI is InChI=1S/C32H40O9/c1-16-14-32-28(39-20(5)34)17(2)15-31(32,41-32)27(35)18(3)25(38-19(4)33)22-23(30(22,6)7)26(37-8)24(16)40-29(36)21-12-10-9-11-13-21/h9-14,17-18,22-26,28H,15H2,1-8H3/t17-,18-,22-,23+,24+,25+,26+,28-,31-,32-/m0/s1. The van der Waals surface area contributed by atoms with Gasteiger partial charge in [-0.05, 0) is 48.5 Å². The molecule has 0 radical (unpaired) electrons. The van der Waals surface area contributed by atoms with E-state index in [1.165, 1.54) is 13.8 Å². The van der Waals surface area contributed by atoms with Gasteiger partial charge in [0.05, 0.1) is 11.5 Å². The highest BCUT2D eigenvalue weighted by Crippen LogP contribution is 2.68. The number of carbonyl (C=O) groups is 4. The molecular weight excluding hydrogens is 528 g/mol. The smallest absolute Gasteiger partial charge is 0.338 e. The lowest BCUT2D eigenvalue weighted by molar-refractivity contribution is -0.154. The van der Waals surface area contributed by atoms with E-state index in [2.05, 4.69) is 0 Å². The van der Waals surface area contributed by atoms with Gasteiger partial charge in [0.1, 0.15) is 24.4 Å². The van der Waals surface area contributed by atoms with Crippen molar-refractivity contribution in [2.24, 2.45) is 29.1 Å². The minimum Gasteiger partial charge on any atom is -0.461 e. The Hall–Kier alpha value is -3.04. The van der Waals surface area contributed by atoms with E-state index < -0.39 is 64.9 Å². The van der Waals surface area contributed by atoms with Gasteiger partial charge < -0.3 is 23.7 Å². The predicted octanol–water partition coefficient (Wildman–Crippen LogP) is 4.08. The van der Waals surface area contributed by atoms with Crippen LogP contribution in [0.4, 0.5) is 0 Å². The Morgan fingerprint density at radius 2 is 1.54 bits per heavy atom. The van der Waals surface area contributed by atoms with E-state index in [0.29, 0.717) is 17.6 Å². The normalized spacial score (nSPS) is 40.5. The van der Waals surface area contributed by atoms with Crippen molar-refractivity contribution in [2.75, 3.05) is 7.11 Å². The van der Waals surface area contributed by atoms with Crippen molar-refractivity contribution in [2.45, 2.75) is 90.5 Å². The van der Waals surface area contributed by atoms with Crippen molar-refractivity contribution in [3.8, 4) is 0 Å². The summed E-state index contributed by atoms with van der Waals surface area (Å²) in [4.78, 5) is 52.2. The van der Waals surface area contributed by atoms with Gasteiger partial charge in [-0.15, -0.1) is 0 Å². The molecular formula is C32H40O9. The highest BCUT2D eigenvalue weighted by Gasteiger charge is 2.84. The van der Waals surface area contributed by atoms with Crippen molar-refractivity contribution in [3.63, 3.8) is 0 Å². The third-order valence-corrected chi connectivity index (χ3v) is 9.79. The summed E-state index contributed by atoms with van der Waals surface area (Å²) in [5.74, 6) is -3.00. The molecule has 0 aromatic heterocycles. The Balaban J connectivity index is 1.67. The molecule has 0 unspecified atom stereocenters. The predicted molar refractivity (Wildman–Crippen MR) is 147 cm³/mol. The van der Waals surface area contributed by atoms with E-state index in [-0.39, 0.29) is 23.5 Å². The Labute approximate surface area is 240 Å². The third-order valence-electron chi connectivity index (χ3n) is 9.79. The van der Waals surface area contributed by atoms with Crippen LogP contribution >= 0.6 is 0 Å². The highest BCUT2D eigenvalue weighted by molar-refractivity contribution is 5.96. The number of rotatable bonds is 5. The number of fused-ring (bicyclic) bond motifs is 1. The SMILES string of the molecule is CO[C@@H]1[C@H]2[C@@H]([C@H](OC(C)=O)[C@H](C)C(=O)[C@@]34C[C@H](C)[C@H](OC(C)=O)[C@]3(C=C(C)[C@H]1OC(=O)c1ccccc1)O4)C2(C)C. The Bertz CT molecular complexity index is 1290. The van der Waals surface area contributed by atoms with Gasteiger partial charge in [0.25, 0.3) is 0 Å². The van der Waals surface area contributed by atoms with Gasteiger partial charge in [0.2, 0.25) is 0 Å². The van der Waals surface area contributed by atoms with Crippen LogP contribution in [0.25, 0.3) is 0 Å². The second-order valence-corrected chi connectivity index (χ2v) is 12.8. The molecule has 4 aliphatic rings. The van der Waals surface area contributed by atoms with Crippen molar-refractivity contribution in [3.05, 3.63) is 47.5 Å². The summed E-state index contributed by atoms with van der Waals surface area (Å²) in [6, 6.07) is 8.70. The van der Waals surface area contributed by atoms with Gasteiger partial charge in [-0.1, -0.05) is 45.9 Å². The highest BCUT2D eigenvalue weighted by atomic mass is 16.7. The molecule has 5 rings (SSSR count). The zero-order valence-corrected chi connectivity index (χ0v) is 25.0. The first-order chi connectivity index (χ1) is 19.2. The van der Waals surface area contributed by atoms with Crippen LogP contribution in [0.15, 0.2) is 42.0 Å². The molecule has 3 aliphatic carbocycles. The maximum absolute atomic E-state index is 14.4. The molecule has 1 aromatic rings. The number of ether oxygens (including phenoxy) is 5. The number of ketones is 1. The summed E-state index contributed by atoms with van der Waals surface area (Å²) < 4.78 is 30.3. The molecule has 1 saturated heterocycles. The maximum atomic E-state index is 14.4. The molecule has 3 fully saturated rings. The van der Waals surface area contributed by atoms with E-state index in [1.807, 2.05) is 33.8 Å². The lowest BCUT2D eigenvalue weighted by Crippen LogP contribution is -2.43. The number of Topliss-reactive ketones (excluding diaryl/α,β-unsaturated/α-hetero) is 1. The Morgan fingerprint density at radius 3 is 2.12 bits per heavy atom. The second kappa shape index (κ2) is 10.1. The summed E-state index contributed by atoms with van der Waals surface area (Å²) in [5.41, 5.74) is -1.88. The van der Waals surface area contributed by atoms with Crippen molar-refractivity contribution >= 4 is 23.7 Å². The lowest BCUT2D eigenvalue weighted by Gasteiger charge is -2.30. The lowest BCUT2D eigenvalue weighted by atomic mass is 9.80. The van der Waals surface area contributed by atoms with Crippen LogP contribution in [-0.2, 0) is 38.1 Å². The van der Waals surface area contributed by atoms with Gasteiger partial charge in [-0.3, -0.25) is 14.4 Å². The largest absolute Gasteiger partial charge is 0.461 e. The summed E-state index contributed by atoms with van der Waals surface area (Å²) in [6.07, 6.45) is -0.802. The fourth-order valence-electron chi connectivity index (χ4n) is 7.91. The van der Waals surface area contributed by atoms with Crippen molar-refractivity contribution < 1.29 is 42.9 Å². The second-order valence-electron chi connectivity index (χ2n) is 12.8. The summed E-state index contributed by atoms with van der Waals surface area (Å²) >= 11 is 0. The number of hydrogen-bond donors (Lipinski definition) is 0. The van der Waals surface area contributed by atoms with Gasteiger partial charge in [-0.25, -0.2) is 4.79 Å². The molecule has 10 atom stereocenters. The molecule has 2 saturated carbocycles. The topological polar surface area (TPSA) is 118 Å². The van der Waals surface area contributed by atoms with Crippen LogP contribution in [0, 0.1) is 29.1 Å². The number of carbonyl (C=O) groups excluding carboxylic acids is 4. The summed E-state index contributed by atoms with van der Waals surface area (Å²) in [7, 11) is 1.57. The number of esters is 3. The maximum Gasteiger partial charge on any atom is 0.338 e. The number of methoxy groups -OCH3 is 1. The zero-order chi connectivity index (χ0) is 30.1. The molecule has 1 aliphatic heterocycles. The van der Waals surface area contributed by atoms with Crippen LogP contribution in [0.1, 0.15) is 65.2 Å². The van der Waals surface area contributed by atoms with Gasteiger partial charge in [0.15, 0.2) is 17.0 Å². The average Bonchev–Trinajstić information content (AvgIpc) is 3.70. The third kappa shape index (κ3) is 4.52. The van der Waals surface area contributed by atoms with Crippen LogP contribution in [0.5, 0.6) is 0 Å². The van der Waals surface area contributed by atoms with Gasteiger partial charge in [-0.2, -0.15) is 0 Å². The van der Waals surface area contributed by atoms with Crippen molar-refractivity contribution in [1.82, 2.24) is 0 Å². The van der Waals surface area contributed by atoms with Gasteiger partial charge in [0, 0.05) is 32.8 Å². The van der Waals surface area contributed by atoms with Crippen LogP contribution in [-0.4, -0.2) is 66.4 Å². The average molecular weight is 569 g/mol. The van der Waals surface area contributed by atoms with Crippen molar-refractivity contribution in [1.29, 1.82) is 0 Å². The summed E-state index contributed by atoms with van der Waals surface area (Å²) in [6.45, 7) is 12.3. The van der Waals surface area contributed by atoms with Crippen LogP contribution in [0.2, 0.25) is 0 Å². The van der Waals surface area contributed by atoms with E-state index in [1.54, 1.807) is 44.4 Å². The first-order valence-electron chi connectivity index (χ1n) is 14.3. The molecule has 0 bridgehead atoms. The molecule has 0 spiro atoms. The quantitative estimate of drug-likeness (QED) is 0.224. The zero-order valence-electron chi connectivity index (χ0n) is 25.0. The van der Waals surface area contributed by atoms with E-state index in [0.717, 1.165) is 0 Å². The molecule has 1 heterocycles. The minimum atomic E-state index is -1.26. The number of benzene rings is 1. The van der Waals surface area contributed by atoms with Crippen LogP contribution in [0.3, 0.4) is 0 Å². The van der Waals surface area contributed by atoms with E-state index >= 15 is 0 Å². The fourth-order valence-corrected chi connectivity index (χ4v) is 7.91. The Morgan fingerprint density at radius 1 is 0.927 bits per heavy atom. The molecule has 1 aromatic carbocycles.